The molecule has 2 saturated heterocycles. The van der Waals surface area contributed by atoms with Gasteiger partial charge in [0, 0.05) is 19.5 Å². The average Bonchev–Trinajstić information content (AvgIpc) is 3.40. The van der Waals surface area contributed by atoms with Crippen molar-refractivity contribution in [3.63, 3.8) is 0 Å². The first-order chi connectivity index (χ1) is 14.9. The van der Waals surface area contributed by atoms with Crippen LogP contribution in [0.5, 0.6) is 0 Å². The first-order valence-electron chi connectivity index (χ1n) is 9.83. The summed E-state index contributed by atoms with van der Waals surface area (Å²) in [6, 6.07) is 8.71. The normalized spacial score (nSPS) is 29.2. The van der Waals surface area contributed by atoms with E-state index in [1.807, 2.05) is 6.07 Å². The van der Waals surface area contributed by atoms with E-state index in [0.29, 0.717) is 5.56 Å². The van der Waals surface area contributed by atoms with Crippen molar-refractivity contribution in [3.8, 4) is 0 Å². The predicted molar refractivity (Wildman–Crippen MR) is 111 cm³/mol. The molecule has 1 aromatic carbocycles. The Balaban J connectivity index is 1.54. The van der Waals surface area contributed by atoms with Crippen molar-refractivity contribution in [3.05, 3.63) is 54.6 Å². The number of imidazole rings is 1. The quantitative estimate of drug-likeness (QED) is 0.504. The van der Waals surface area contributed by atoms with E-state index >= 15 is 0 Å². The van der Waals surface area contributed by atoms with Crippen LogP contribution in [0.2, 0.25) is 0 Å². The summed E-state index contributed by atoms with van der Waals surface area (Å²) in [4.78, 5) is 16.4. The van der Waals surface area contributed by atoms with Gasteiger partial charge in [0.05, 0.1) is 5.56 Å². The van der Waals surface area contributed by atoms with E-state index in [1.165, 1.54) is 13.4 Å². The monoisotopic (exact) mass is 448 g/mol. The van der Waals surface area contributed by atoms with Gasteiger partial charge in [0.2, 0.25) is 0 Å². The second kappa shape index (κ2) is 9.01. The van der Waals surface area contributed by atoms with Gasteiger partial charge < -0.3 is 28.4 Å². The zero-order valence-electron chi connectivity index (χ0n) is 17.4. The van der Waals surface area contributed by atoms with Crippen molar-refractivity contribution < 1.29 is 33.2 Å². The molecule has 0 spiro atoms. The molecule has 2 aliphatic rings. The molecule has 166 valence electrons. The molecular weight excluding hydrogens is 424 g/mol. The van der Waals surface area contributed by atoms with Gasteiger partial charge in [0.15, 0.2) is 18.2 Å². The summed E-state index contributed by atoms with van der Waals surface area (Å²) in [6.07, 6.45) is 1.54. The minimum absolute atomic E-state index is 0.0855. The fraction of sp³-hybridized carbons (Fsp3) is 0.476. The van der Waals surface area contributed by atoms with Crippen LogP contribution in [0.3, 0.4) is 0 Å². The Morgan fingerprint density at radius 2 is 1.97 bits per heavy atom. The molecule has 10 heteroatoms. The van der Waals surface area contributed by atoms with Gasteiger partial charge in [0.1, 0.15) is 31.2 Å². The van der Waals surface area contributed by atoms with Gasteiger partial charge >= 0.3 is 5.97 Å². The lowest BCUT2D eigenvalue weighted by Gasteiger charge is -2.41. The Morgan fingerprint density at radius 1 is 1.23 bits per heavy atom. The Hall–Kier alpha value is -2.37. The van der Waals surface area contributed by atoms with Crippen molar-refractivity contribution >= 4 is 23.4 Å². The highest BCUT2D eigenvalue weighted by Crippen LogP contribution is 2.39. The molecule has 0 amide bonds. The maximum atomic E-state index is 12.4. The molecule has 2 aromatic rings. The maximum Gasteiger partial charge on any atom is 0.338 e. The van der Waals surface area contributed by atoms with Crippen LogP contribution >= 0.6 is 12.2 Å². The van der Waals surface area contributed by atoms with Crippen LogP contribution in [-0.2, 0) is 28.4 Å². The van der Waals surface area contributed by atoms with Crippen LogP contribution in [-0.4, -0.2) is 70.9 Å². The average molecular weight is 448 g/mol. The lowest BCUT2D eigenvalue weighted by Crippen LogP contribution is -2.59. The summed E-state index contributed by atoms with van der Waals surface area (Å²) in [5.41, 5.74) is 0.437. The number of ether oxygens (including phenoxy) is 6. The lowest BCUT2D eigenvalue weighted by molar-refractivity contribution is -0.269. The summed E-state index contributed by atoms with van der Waals surface area (Å²) in [5.74, 6) is -1.34. The van der Waals surface area contributed by atoms with Gasteiger partial charge in [-0.05, 0) is 38.2 Å². The molecule has 0 N–H and O–H groups in total. The van der Waals surface area contributed by atoms with Crippen LogP contribution in [0, 0.1) is 0 Å². The van der Waals surface area contributed by atoms with Gasteiger partial charge in [-0.15, -0.1) is 0 Å². The van der Waals surface area contributed by atoms with Crippen molar-refractivity contribution in [2.24, 2.45) is 0 Å². The minimum atomic E-state index is -0.872. The lowest BCUT2D eigenvalue weighted by atomic mass is 9.99. The number of fused-ring (bicyclic) bond motifs is 1. The zero-order valence-corrected chi connectivity index (χ0v) is 18.2. The van der Waals surface area contributed by atoms with Gasteiger partial charge in [0.25, 0.3) is 5.17 Å². The van der Waals surface area contributed by atoms with Crippen LogP contribution in [0.25, 0.3) is 0 Å². The summed E-state index contributed by atoms with van der Waals surface area (Å²) in [5, 5.41) is 0.161. The smallest absolute Gasteiger partial charge is 0.338 e. The number of esters is 1. The van der Waals surface area contributed by atoms with E-state index in [4.69, 9.17) is 40.6 Å². The molecule has 4 rings (SSSR count). The molecule has 3 heterocycles. The van der Waals surface area contributed by atoms with E-state index in [9.17, 15) is 4.79 Å². The highest BCUT2D eigenvalue weighted by Gasteiger charge is 2.57. The van der Waals surface area contributed by atoms with Crippen molar-refractivity contribution in [1.82, 2.24) is 9.55 Å². The first kappa shape index (κ1) is 21.8. The van der Waals surface area contributed by atoms with Gasteiger partial charge in [-0.3, -0.25) is 4.57 Å². The molecule has 9 nitrogen and oxygen atoms in total. The van der Waals surface area contributed by atoms with Crippen LogP contribution in [0.4, 0.5) is 0 Å². The first-order valence-corrected chi connectivity index (χ1v) is 10.2. The molecule has 2 fully saturated rings. The van der Waals surface area contributed by atoms with E-state index in [-0.39, 0.29) is 11.8 Å². The number of hydrogen-bond donors (Lipinski definition) is 0. The number of benzene rings is 1. The Bertz CT molecular complexity index is 906. The van der Waals surface area contributed by atoms with Gasteiger partial charge in [-0.25, -0.2) is 9.78 Å². The summed E-state index contributed by atoms with van der Waals surface area (Å²) < 4.78 is 36.7. The second-order valence-electron chi connectivity index (χ2n) is 7.63. The number of carbonyl (C=O) groups is 1. The van der Waals surface area contributed by atoms with Crippen molar-refractivity contribution in [1.29, 1.82) is 0 Å². The molecule has 0 bridgehead atoms. The summed E-state index contributed by atoms with van der Waals surface area (Å²) in [7, 11) is 1.51. The molecule has 2 aliphatic heterocycles. The number of rotatable bonds is 5. The van der Waals surface area contributed by atoms with Crippen molar-refractivity contribution in [2.75, 3.05) is 13.7 Å². The SMILES string of the molecule is COC1OC(COC(=O)c2ccccc2)C(OC(=S)n2ccnc2)C2OC(C)(C)OC12. The van der Waals surface area contributed by atoms with E-state index in [0.717, 1.165) is 0 Å². The molecule has 31 heavy (non-hydrogen) atoms. The highest BCUT2D eigenvalue weighted by atomic mass is 32.1. The highest BCUT2D eigenvalue weighted by molar-refractivity contribution is 7.80. The third-order valence-corrected chi connectivity index (χ3v) is 5.31. The van der Waals surface area contributed by atoms with Crippen LogP contribution < -0.4 is 0 Å². The Labute approximate surface area is 185 Å². The molecule has 0 aliphatic carbocycles. The van der Waals surface area contributed by atoms with E-state index in [1.54, 1.807) is 55.1 Å². The largest absolute Gasteiger partial charge is 0.461 e. The molecule has 1 aromatic heterocycles. The minimum Gasteiger partial charge on any atom is -0.461 e. The molecule has 0 saturated carbocycles. The van der Waals surface area contributed by atoms with Crippen LogP contribution in [0.15, 0.2) is 49.1 Å². The number of methoxy groups -OCH3 is 1. The zero-order chi connectivity index (χ0) is 22.0. The predicted octanol–water partition coefficient (Wildman–Crippen LogP) is 2.15. The van der Waals surface area contributed by atoms with E-state index < -0.39 is 42.5 Å². The number of hydrogen-bond acceptors (Lipinski definition) is 9. The molecule has 0 radical (unpaired) electrons. The number of aromatic nitrogens is 2. The number of carbonyl (C=O) groups excluding carboxylic acids is 1. The van der Waals surface area contributed by atoms with Gasteiger partial charge in [-0.1, -0.05) is 18.2 Å². The molecular formula is C21H24N2O7S. The third-order valence-electron chi connectivity index (χ3n) is 5.00. The van der Waals surface area contributed by atoms with Crippen molar-refractivity contribution in [2.45, 2.75) is 50.3 Å². The Kier molecular flexibility index (Phi) is 6.35. The fourth-order valence-corrected chi connectivity index (χ4v) is 3.87. The fourth-order valence-electron chi connectivity index (χ4n) is 3.65. The maximum absolute atomic E-state index is 12.4. The topological polar surface area (TPSA) is 90.3 Å². The number of nitrogens with zero attached hydrogens (tertiary/aromatic N) is 2. The second-order valence-corrected chi connectivity index (χ2v) is 7.98. The third kappa shape index (κ3) is 4.78. The molecule has 5 unspecified atom stereocenters. The van der Waals surface area contributed by atoms with E-state index in [2.05, 4.69) is 4.98 Å². The van der Waals surface area contributed by atoms with Gasteiger partial charge in [-0.2, -0.15) is 0 Å². The molecule has 5 atom stereocenters. The summed E-state index contributed by atoms with van der Waals surface area (Å²) in [6.45, 7) is 3.51. The standard InChI is InChI=1S/C21H24N2O7S/c1-21(2)29-16-15(28-20(31)23-10-9-22-12-23)14(27-19(25-3)17(16)30-21)11-26-18(24)13-7-5-4-6-8-13/h4-10,12,14-17,19H,11H2,1-3H3. The summed E-state index contributed by atoms with van der Waals surface area (Å²) >= 11 is 5.41. The van der Waals surface area contributed by atoms with Crippen LogP contribution in [0.1, 0.15) is 24.2 Å². The number of thiocarbonyl (C=S) groups is 1. The Morgan fingerprint density at radius 3 is 2.65 bits per heavy atom.